The van der Waals surface area contributed by atoms with Gasteiger partial charge in [0.2, 0.25) is 0 Å². The van der Waals surface area contributed by atoms with Gasteiger partial charge in [-0.15, -0.1) is 0 Å². The summed E-state index contributed by atoms with van der Waals surface area (Å²) in [7, 11) is 0. The van der Waals surface area contributed by atoms with Crippen LogP contribution in [0.15, 0.2) is 54.6 Å². The topological polar surface area (TPSA) is 32.3 Å². The Labute approximate surface area is 139 Å². The standard InChI is InChI=1S/C20H26N2O/c1-4-22(5-2)16(3)15-21-20(23)19-13-9-12-18(14-19)17-10-7-6-8-11-17/h6-14,16H,4-5,15H2,1-3H3,(H,21,23). The minimum atomic E-state index is -0.0122. The number of rotatable bonds is 7. The van der Waals surface area contributed by atoms with E-state index in [1.807, 2.05) is 42.5 Å². The van der Waals surface area contributed by atoms with Gasteiger partial charge in [-0.3, -0.25) is 9.69 Å². The smallest absolute Gasteiger partial charge is 0.251 e. The Kier molecular flexibility index (Phi) is 6.36. The summed E-state index contributed by atoms with van der Waals surface area (Å²) in [5.41, 5.74) is 2.90. The first-order valence-corrected chi connectivity index (χ1v) is 8.33. The number of carbonyl (C=O) groups is 1. The maximum absolute atomic E-state index is 12.4. The van der Waals surface area contributed by atoms with E-state index in [4.69, 9.17) is 0 Å². The number of nitrogens with one attached hydrogen (secondary N) is 1. The van der Waals surface area contributed by atoms with Crippen LogP contribution in [0.4, 0.5) is 0 Å². The third-order valence-electron chi connectivity index (χ3n) is 4.23. The molecule has 0 spiro atoms. The van der Waals surface area contributed by atoms with Crippen molar-refractivity contribution >= 4 is 5.91 Å². The second-order valence-corrected chi connectivity index (χ2v) is 5.73. The van der Waals surface area contributed by atoms with Gasteiger partial charge in [0.25, 0.3) is 5.91 Å². The van der Waals surface area contributed by atoms with Crippen molar-refractivity contribution in [3.05, 3.63) is 60.2 Å². The molecule has 122 valence electrons. The van der Waals surface area contributed by atoms with Gasteiger partial charge < -0.3 is 5.32 Å². The van der Waals surface area contributed by atoms with Gasteiger partial charge in [0.15, 0.2) is 0 Å². The van der Waals surface area contributed by atoms with E-state index < -0.39 is 0 Å². The summed E-state index contributed by atoms with van der Waals surface area (Å²) in [6, 6.07) is 18.2. The lowest BCUT2D eigenvalue weighted by atomic mass is 10.0. The molecule has 1 unspecified atom stereocenters. The van der Waals surface area contributed by atoms with Crippen molar-refractivity contribution in [1.82, 2.24) is 10.2 Å². The van der Waals surface area contributed by atoms with E-state index in [1.165, 1.54) is 0 Å². The SMILES string of the molecule is CCN(CC)C(C)CNC(=O)c1cccc(-c2ccccc2)c1. The number of nitrogens with zero attached hydrogens (tertiary/aromatic N) is 1. The van der Waals surface area contributed by atoms with E-state index >= 15 is 0 Å². The fourth-order valence-electron chi connectivity index (χ4n) is 2.79. The molecule has 0 heterocycles. The predicted molar refractivity (Wildman–Crippen MR) is 96.6 cm³/mol. The molecule has 0 aliphatic carbocycles. The Morgan fingerprint density at radius 1 is 1.00 bits per heavy atom. The number of hydrogen-bond donors (Lipinski definition) is 1. The number of amides is 1. The normalized spacial score (nSPS) is 12.2. The average molecular weight is 310 g/mol. The molecule has 0 saturated heterocycles. The Bertz CT molecular complexity index is 621. The molecule has 1 atom stereocenters. The van der Waals surface area contributed by atoms with Crippen molar-refractivity contribution in [3.63, 3.8) is 0 Å². The molecule has 1 amide bonds. The maximum atomic E-state index is 12.4. The quantitative estimate of drug-likeness (QED) is 0.843. The Hall–Kier alpha value is -2.13. The van der Waals surface area contributed by atoms with Crippen molar-refractivity contribution in [3.8, 4) is 11.1 Å². The van der Waals surface area contributed by atoms with Crippen molar-refractivity contribution in [2.24, 2.45) is 0 Å². The van der Waals surface area contributed by atoms with Crippen LogP contribution in [0.5, 0.6) is 0 Å². The van der Waals surface area contributed by atoms with Crippen LogP contribution < -0.4 is 5.32 Å². The second-order valence-electron chi connectivity index (χ2n) is 5.73. The fraction of sp³-hybridized carbons (Fsp3) is 0.350. The average Bonchev–Trinajstić information content (AvgIpc) is 2.61. The van der Waals surface area contributed by atoms with Gasteiger partial charge in [0.05, 0.1) is 0 Å². The molecule has 3 heteroatoms. The van der Waals surface area contributed by atoms with E-state index in [1.54, 1.807) is 0 Å². The monoisotopic (exact) mass is 310 g/mol. The third-order valence-corrected chi connectivity index (χ3v) is 4.23. The minimum absolute atomic E-state index is 0.0122. The van der Waals surface area contributed by atoms with Gasteiger partial charge in [-0.05, 0) is 43.3 Å². The lowest BCUT2D eigenvalue weighted by Gasteiger charge is -2.26. The van der Waals surface area contributed by atoms with Gasteiger partial charge >= 0.3 is 0 Å². The number of carbonyl (C=O) groups excluding carboxylic acids is 1. The molecule has 2 aromatic rings. The van der Waals surface area contributed by atoms with Gasteiger partial charge in [-0.2, -0.15) is 0 Å². The molecule has 0 aromatic heterocycles. The van der Waals surface area contributed by atoms with Crippen molar-refractivity contribution in [2.75, 3.05) is 19.6 Å². The predicted octanol–water partition coefficient (Wildman–Crippen LogP) is 3.81. The Morgan fingerprint density at radius 2 is 1.65 bits per heavy atom. The molecule has 0 aliphatic rings. The lowest BCUT2D eigenvalue weighted by molar-refractivity contribution is 0.0938. The zero-order chi connectivity index (χ0) is 16.7. The van der Waals surface area contributed by atoms with E-state index in [0.717, 1.165) is 24.2 Å². The number of benzene rings is 2. The zero-order valence-electron chi connectivity index (χ0n) is 14.3. The van der Waals surface area contributed by atoms with E-state index in [9.17, 15) is 4.79 Å². The molecule has 0 radical (unpaired) electrons. The molecular weight excluding hydrogens is 284 g/mol. The summed E-state index contributed by atoms with van der Waals surface area (Å²) in [6.07, 6.45) is 0. The van der Waals surface area contributed by atoms with Crippen LogP contribution in [0.1, 0.15) is 31.1 Å². The van der Waals surface area contributed by atoms with Crippen LogP contribution >= 0.6 is 0 Å². The van der Waals surface area contributed by atoms with Crippen molar-refractivity contribution in [1.29, 1.82) is 0 Å². The highest BCUT2D eigenvalue weighted by Gasteiger charge is 2.12. The lowest BCUT2D eigenvalue weighted by Crippen LogP contribution is -2.42. The second kappa shape index (κ2) is 8.49. The largest absolute Gasteiger partial charge is 0.350 e. The summed E-state index contributed by atoms with van der Waals surface area (Å²) in [5, 5.41) is 3.05. The zero-order valence-corrected chi connectivity index (χ0v) is 14.3. The summed E-state index contributed by atoms with van der Waals surface area (Å²) in [6.45, 7) is 9.09. The van der Waals surface area contributed by atoms with Gasteiger partial charge in [0.1, 0.15) is 0 Å². The van der Waals surface area contributed by atoms with Crippen LogP contribution in [-0.4, -0.2) is 36.5 Å². The summed E-state index contributed by atoms with van der Waals surface area (Å²) in [4.78, 5) is 14.7. The molecule has 0 bridgehead atoms. The molecule has 1 N–H and O–H groups in total. The first kappa shape index (κ1) is 17.2. The molecular formula is C20H26N2O. The Morgan fingerprint density at radius 3 is 2.30 bits per heavy atom. The molecule has 0 fully saturated rings. The first-order valence-electron chi connectivity index (χ1n) is 8.33. The fourth-order valence-corrected chi connectivity index (χ4v) is 2.79. The van der Waals surface area contributed by atoms with Gasteiger partial charge in [0, 0.05) is 18.2 Å². The maximum Gasteiger partial charge on any atom is 0.251 e. The van der Waals surface area contributed by atoms with Crippen LogP contribution in [0.3, 0.4) is 0 Å². The van der Waals surface area contributed by atoms with Crippen LogP contribution in [-0.2, 0) is 0 Å². The van der Waals surface area contributed by atoms with Crippen molar-refractivity contribution < 1.29 is 4.79 Å². The molecule has 0 aliphatic heterocycles. The minimum Gasteiger partial charge on any atom is -0.350 e. The highest BCUT2D eigenvalue weighted by atomic mass is 16.1. The highest BCUT2D eigenvalue weighted by molar-refractivity contribution is 5.95. The summed E-state index contributed by atoms with van der Waals surface area (Å²) in [5.74, 6) is -0.0122. The summed E-state index contributed by atoms with van der Waals surface area (Å²) >= 11 is 0. The summed E-state index contributed by atoms with van der Waals surface area (Å²) < 4.78 is 0. The van der Waals surface area contributed by atoms with E-state index in [0.29, 0.717) is 18.2 Å². The number of hydrogen-bond acceptors (Lipinski definition) is 2. The highest BCUT2D eigenvalue weighted by Crippen LogP contribution is 2.19. The van der Waals surface area contributed by atoms with E-state index in [2.05, 4.69) is 43.1 Å². The number of likely N-dealkylation sites (N-methyl/N-ethyl adjacent to an activating group) is 1. The van der Waals surface area contributed by atoms with Crippen LogP contribution in [0.2, 0.25) is 0 Å². The van der Waals surface area contributed by atoms with E-state index in [-0.39, 0.29) is 5.91 Å². The molecule has 0 saturated carbocycles. The van der Waals surface area contributed by atoms with Crippen LogP contribution in [0, 0.1) is 0 Å². The van der Waals surface area contributed by atoms with Gasteiger partial charge in [-0.1, -0.05) is 56.3 Å². The van der Waals surface area contributed by atoms with Crippen LogP contribution in [0.25, 0.3) is 11.1 Å². The van der Waals surface area contributed by atoms with Crippen molar-refractivity contribution in [2.45, 2.75) is 26.8 Å². The molecule has 23 heavy (non-hydrogen) atoms. The Balaban J connectivity index is 2.03. The molecule has 2 aromatic carbocycles. The third kappa shape index (κ3) is 4.67. The first-order chi connectivity index (χ1) is 11.2. The van der Waals surface area contributed by atoms with Gasteiger partial charge in [-0.25, -0.2) is 0 Å². The molecule has 3 nitrogen and oxygen atoms in total. The molecule has 2 rings (SSSR count).